The smallest absolute Gasteiger partial charge is 0.240 e. The molecule has 4 N–H and O–H groups in total. The first kappa shape index (κ1) is 33.6. The van der Waals surface area contributed by atoms with Crippen LogP contribution in [-0.2, 0) is 14.4 Å². The van der Waals surface area contributed by atoms with E-state index in [4.69, 9.17) is 9.57 Å². The summed E-state index contributed by atoms with van der Waals surface area (Å²) in [4.78, 5) is 22.7. The highest BCUT2D eigenvalue weighted by Crippen LogP contribution is 2.61. The SMILES string of the molecule is COC1C(CN2O[C@@H](CO)[C@H]([C@H](C)O)[C@H]2C(=O)N[C@H]2C[C@H]3C[C@@H]([C@@H]2C)C3(C)C)CCCC1C1CC(CO)CC(N(C)C)C1. The number of nitrogens with one attached hydrogen (secondary N) is 1. The maximum Gasteiger partial charge on any atom is 0.240 e. The van der Waals surface area contributed by atoms with Crippen LogP contribution in [0.2, 0.25) is 0 Å². The molecular formula is C34H61N3O6. The topological polar surface area (TPSA) is 115 Å². The van der Waals surface area contributed by atoms with Crippen LogP contribution in [0.15, 0.2) is 0 Å². The first-order valence-corrected chi connectivity index (χ1v) is 17.2. The zero-order valence-corrected chi connectivity index (χ0v) is 27.8. The van der Waals surface area contributed by atoms with Crippen molar-refractivity contribution >= 4 is 5.91 Å². The number of carbonyl (C=O) groups is 1. The van der Waals surface area contributed by atoms with Crippen molar-refractivity contribution in [3.63, 3.8) is 0 Å². The van der Waals surface area contributed by atoms with Gasteiger partial charge in [-0.3, -0.25) is 9.63 Å². The predicted octanol–water partition coefficient (Wildman–Crippen LogP) is 2.92. The standard InChI is InChI=1S/C34H61N3O6/c1-19-27-14-24(34(27,3)4)15-28(19)35-33(41)31-30(20(2)40)29(18-39)43-37(31)16-22-9-8-10-26(32(22)42-7)23-11-21(17-38)12-25(13-23)36(5)6/h19-32,38-40H,8-18H2,1-7H3,(H,35,41)/t19-,20-,21?,22?,23?,24+,25?,26?,27-,28-,29-,30-,31-,32?/m0/s1. The van der Waals surface area contributed by atoms with E-state index in [0.29, 0.717) is 53.5 Å². The van der Waals surface area contributed by atoms with Crippen molar-refractivity contribution in [1.29, 1.82) is 0 Å². The number of hydroxylamine groups is 2. The Morgan fingerprint density at radius 2 is 1.86 bits per heavy atom. The summed E-state index contributed by atoms with van der Waals surface area (Å²) in [6.45, 7) is 9.22. The van der Waals surface area contributed by atoms with Crippen LogP contribution in [0.5, 0.6) is 0 Å². The van der Waals surface area contributed by atoms with Gasteiger partial charge < -0.3 is 30.3 Å². The molecule has 0 aromatic carbocycles. The predicted molar refractivity (Wildman–Crippen MR) is 166 cm³/mol. The van der Waals surface area contributed by atoms with Gasteiger partial charge in [0, 0.05) is 44.2 Å². The Morgan fingerprint density at radius 3 is 2.44 bits per heavy atom. The number of aliphatic hydroxyl groups is 3. The number of rotatable bonds is 10. The largest absolute Gasteiger partial charge is 0.396 e. The van der Waals surface area contributed by atoms with Gasteiger partial charge in [0.2, 0.25) is 5.91 Å². The average Bonchev–Trinajstić information content (AvgIpc) is 3.36. The highest BCUT2D eigenvalue weighted by molar-refractivity contribution is 5.82. The van der Waals surface area contributed by atoms with E-state index < -0.39 is 24.2 Å². The van der Waals surface area contributed by atoms with Crippen molar-refractivity contribution in [2.75, 3.05) is 41.0 Å². The molecule has 1 amide bonds. The highest BCUT2D eigenvalue weighted by Gasteiger charge is 2.57. The van der Waals surface area contributed by atoms with Gasteiger partial charge in [-0.1, -0.05) is 27.2 Å². The van der Waals surface area contributed by atoms with Gasteiger partial charge in [0.15, 0.2) is 0 Å². The molecule has 1 saturated heterocycles. The van der Waals surface area contributed by atoms with E-state index in [-0.39, 0.29) is 37.2 Å². The van der Waals surface area contributed by atoms with Gasteiger partial charge in [-0.05, 0) is 107 Å². The van der Waals surface area contributed by atoms with Gasteiger partial charge in [0.25, 0.3) is 0 Å². The van der Waals surface area contributed by atoms with Gasteiger partial charge >= 0.3 is 0 Å². The molecule has 5 aliphatic carbocycles. The van der Waals surface area contributed by atoms with Crippen LogP contribution in [0.1, 0.15) is 79.1 Å². The Balaban J connectivity index is 1.32. The molecule has 9 nitrogen and oxygen atoms in total. The van der Waals surface area contributed by atoms with Crippen molar-refractivity contribution < 1.29 is 29.7 Å². The Bertz CT molecular complexity index is 947. The molecule has 43 heavy (non-hydrogen) atoms. The van der Waals surface area contributed by atoms with Crippen LogP contribution in [0.3, 0.4) is 0 Å². The second-order valence-electron chi connectivity index (χ2n) is 15.9. The molecule has 14 atom stereocenters. The maximum atomic E-state index is 14.1. The molecule has 5 saturated carbocycles. The third-order valence-electron chi connectivity index (χ3n) is 13.2. The van der Waals surface area contributed by atoms with E-state index in [1.54, 1.807) is 12.0 Å². The summed E-state index contributed by atoms with van der Waals surface area (Å²) < 4.78 is 6.28. The molecule has 0 aromatic rings. The molecule has 9 heteroatoms. The quantitative estimate of drug-likeness (QED) is 0.300. The number of hydrogen-bond acceptors (Lipinski definition) is 8. The van der Waals surface area contributed by atoms with Crippen LogP contribution < -0.4 is 5.32 Å². The second kappa shape index (κ2) is 13.5. The van der Waals surface area contributed by atoms with Gasteiger partial charge in [0.1, 0.15) is 12.1 Å². The number of methoxy groups -OCH3 is 1. The van der Waals surface area contributed by atoms with E-state index in [1.807, 2.05) is 7.11 Å². The summed E-state index contributed by atoms with van der Waals surface area (Å²) in [5.41, 5.74) is 0.335. The monoisotopic (exact) mass is 607 g/mol. The highest BCUT2D eigenvalue weighted by atomic mass is 16.7. The number of ether oxygens (including phenoxy) is 1. The summed E-state index contributed by atoms with van der Waals surface area (Å²) in [7, 11) is 6.10. The molecular weight excluding hydrogens is 546 g/mol. The Morgan fingerprint density at radius 1 is 1.12 bits per heavy atom. The number of nitrogens with zero attached hydrogens (tertiary/aromatic N) is 2. The molecule has 6 aliphatic rings. The lowest BCUT2D eigenvalue weighted by atomic mass is 9.45. The zero-order valence-electron chi connectivity index (χ0n) is 27.8. The molecule has 2 bridgehead atoms. The van der Waals surface area contributed by atoms with Crippen molar-refractivity contribution in [2.24, 2.45) is 52.8 Å². The molecule has 0 radical (unpaired) electrons. The third kappa shape index (κ3) is 6.43. The van der Waals surface area contributed by atoms with Crippen molar-refractivity contribution in [2.45, 2.75) is 115 Å². The minimum Gasteiger partial charge on any atom is -0.396 e. The summed E-state index contributed by atoms with van der Waals surface area (Å²) >= 11 is 0. The normalized spacial score (nSPS) is 45.5. The Hall–Kier alpha value is -0.810. The zero-order chi connectivity index (χ0) is 31.2. The maximum absolute atomic E-state index is 14.1. The Kier molecular flexibility index (Phi) is 10.5. The summed E-state index contributed by atoms with van der Waals surface area (Å²) in [5, 5.41) is 36.4. The van der Waals surface area contributed by atoms with Crippen LogP contribution in [-0.4, -0.2) is 109 Å². The average molecular weight is 608 g/mol. The first-order chi connectivity index (χ1) is 20.4. The molecule has 248 valence electrons. The van der Waals surface area contributed by atoms with Crippen LogP contribution in [0.4, 0.5) is 0 Å². The fraction of sp³-hybridized carbons (Fsp3) is 0.971. The van der Waals surface area contributed by atoms with Crippen LogP contribution >= 0.6 is 0 Å². The van der Waals surface area contributed by atoms with Crippen molar-refractivity contribution in [3.8, 4) is 0 Å². The summed E-state index contributed by atoms with van der Waals surface area (Å²) in [5.74, 6) is 2.38. The second-order valence-corrected chi connectivity index (χ2v) is 15.9. The molecule has 1 aliphatic heterocycles. The lowest BCUT2D eigenvalue weighted by molar-refractivity contribution is -0.193. The summed E-state index contributed by atoms with van der Waals surface area (Å²) in [6.07, 6.45) is 7.20. The van der Waals surface area contributed by atoms with E-state index in [2.05, 4.69) is 45.1 Å². The molecule has 1 heterocycles. The third-order valence-corrected chi connectivity index (χ3v) is 13.2. The van der Waals surface area contributed by atoms with E-state index >= 15 is 0 Å². The number of carbonyl (C=O) groups excluding carboxylic acids is 1. The number of aliphatic hydroxyl groups excluding tert-OH is 3. The lowest BCUT2D eigenvalue weighted by Gasteiger charge is -2.62. The van der Waals surface area contributed by atoms with E-state index in [1.165, 1.54) is 6.42 Å². The number of fused-ring (bicyclic) bond motifs is 2. The minimum absolute atomic E-state index is 0.0252. The molecule has 0 spiro atoms. The van der Waals surface area contributed by atoms with Gasteiger partial charge in [-0.2, -0.15) is 5.06 Å². The minimum atomic E-state index is -0.799. The first-order valence-electron chi connectivity index (χ1n) is 17.2. The molecule has 6 rings (SSSR count). The fourth-order valence-corrected chi connectivity index (χ4v) is 10.5. The van der Waals surface area contributed by atoms with Gasteiger partial charge in [0.05, 0.1) is 18.8 Å². The van der Waals surface area contributed by atoms with Crippen molar-refractivity contribution in [3.05, 3.63) is 0 Å². The number of hydrogen-bond donors (Lipinski definition) is 4. The number of amides is 1. The van der Waals surface area contributed by atoms with Gasteiger partial charge in [-0.25, -0.2) is 0 Å². The van der Waals surface area contributed by atoms with Gasteiger partial charge in [-0.15, -0.1) is 0 Å². The Labute approximate surface area is 260 Å². The molecule has 6 fully saturated rings. The van der Waals surface area contributed by atoms with Crippen LogP contribution in [0, 0.1) is 52.8 Å². The van der Waals surface area contributed by atoms with Crippen molar-refractivity contribution in [1.82, 2.24) is 15.3 Å². The van der Waals surface area contributed by atoms with Crippen LogP contribution in [0.25, 0.3) is 0 Å². The lowest BCUT2D eigenvalue weighted by Crippen LogP contribution is -2.62. The molecule has 6 unspecified atom stereocenters. The van der Waals surface area contributed by atoms with E-state index in [9.17, 15) is 20.1 Å². The molecule has 0 aromatic heterocycles. The fourth-order valence-electron chi connectivity index (χ4n) is 10.5. The van der Waals surface area contributed by atoms with E-state index in [0.717, 1.165) is 44.9 Å². The summed E-state index contributed by atoms with van der Waals surface area (Å²) in [6, 6.07) is -0.0881.